The van der Waals surface area contributed by atoms with Gasteiger partial charge in [0.25, 0.3) is 0 Å². The lowest BCUT2D eigenvalue weighted by atomic mass is 10.5. The predicted molar refractivity (Wildman–Crippen MR) is 42.0 cm³/mol. The molecule has 1 heterocycles. The molecule has 4 N–H and O–H groups in total. The third-order valence-corrected chi connectivity index (χ3v) is 1.23. The van der Waals surface area contributed by atoms with Crippen LogP contribution in [0.3, 0.4) is 0 Å². The van der Waals surface area contributed by atoms with Crippen molar-refractivity contribution in [1.82, 2.24) is 20.5 Å². The number of rotatable bonds is 4. The summed E-state index contributed by atoms with van der Waals surface area (Å²) < 4.78 is 0. The number of nitrogens with zero attached hydrogens (tertiary/aromatic N) is 2. The molecule has 0 spiro atoms. The Labute approximate surface area is 69.6 Å². The van der Waals surface area contributed by atoms with Crippen LogP contribution in [0.5, 0.6) is 0 Å². The van der Waals surface area contributed by atoms with Crippen molar-refractivity contribution in [1.29, 1.82) is 0 Å². The fourth-order valence-electron chi connectivity index (χ4n) is 0.766. The highest BCUT2D eigenvalue weighted by Crippen LogP contribution is 1.88. The van der Waals surface area contributed by atoms with Gasteiger partial charge in [-0.1, -0.05) is 0 Å². The molecule has 0 unspecified atom stereocenters. The lowest BCUT2D eigenvalue weighted by molar-refractivity contribution is -0.117. The molecule has 1 aromatic rings. The number of nitrogens with one attached hydrogen (secondary N) is 2. The molecule has 1 aromatic heterocycles. The Kier molecular flexibility index (Phi) is 2.76. The molecule has 0 aliphatic carbocycles. The van der Waals surface area contributed by atoms with Crippen molar-refractivity contribution < 1.29 is 4.79 Å². The van der Waals surface area contributed by atoms with Crippen molar-refractivity contribution >= 4 is 5.91 Å². The van der Waals surface area contributed by atoms with E-state index in [1.165, 1.54) is 0 Å². The maximum absolute atomic E-state index is 10.3. The normalized spacial score (nSPS) is 10.1. The second-order valence-electron chi connectivity index (χ2n) is 2.41. The fraction of sp³-hybridized carbons (Fsp3) is 0.500. The molecule has 12 heavy (non-hydrogen) atoms. The van der Waals surface area contributed by atoms with Gasteiger partial charge in [0, 0.05) is 0 Å². The molecule has 0 aliphatic heterocycles. The molecule has 0 saturated heterocycles. The third-order valence-electron chi connectivity index (χ3n) is 1.23. The summed E-state index contributed by atoms with van der Waals surface area (Å²) in [5, 5.41) is 9.35. The van der Waals surface area contributed by atoms with Crippen LogP contribution in [0, 0.1) is 6.92 Å². The Balaban J connectivity index is 2.29. The number of aromatic amines is 1. The Hall–Kier alpha value is -1.43. The highest BCUT2D eigenvalue weighted by atomic mass is 16.1. The van der Waals surface area contributed by atoms with E-state index in [-0.39, 0.29) is 12.5 Å². The highest BCUT2D eigenvalue weighted by Gasteiger charge is 1.99. The summed E-state index contributed by atoms with van der Waals surface area (Å²) in [6.45, 7) is 2.41. The number of H-pyrrole nitrogens is 1. The summed E-state index contributed by atoms with van der Waals surface area (Å²) in [6.07, 6.45) is 0. The maximum atomic E-state index is 10.3. The lowest BCUT2D eigenvalue weighted by Gasteiger charge is -1.95. The zero-order chi connectivity index (χ0) is 8.97. The fourth-order valence-corrected chi connectivity index (χ4v) is 0.766. The quantitative estimate of drug-likeness (QED) is 0.521. The first kappa shape index (κ1) is 8.66. The van der Waals surface area contributed by atoms with Crippen LogP contribution < -0.4 is 11.1 Å². The summed E-state index contributed by atoms with van der Waals surface area (Å²) in [5.41, 5.74) is 4.91. The van der Waals surface area contributed by atoms with E-state index in [0.717, 1.165) is 5.82 Å². The van der Waals surface area contributed by atoms with Gasteiger partial charge >= 0.3 is 0 Å². The molecule has 0 saturated carbocycles. The van der Waals surface area contributed by atoms with Gasteiger partial charge in [0.15, 0.2) is 5.82 Å². The molecule has 6 heteroatoms. The Morgan fingerprint density at radius 2 is 2.50 bits per heavy atom. The van der Waals surface area contributed by atoms with Crippen LogP contribution >= 0.6 is 0 Å². The van der Waals surface area contributed by atoms with Crippen LogP contribution in [0.25, 0.3) is 0 Å². The summed E-state index contributed by atoms with van der Waals surface area (Å²) >= 11 is 0. The zero-order valence-corrected chi connectivity index (χ0v) is 6.79. The number of primary amides is 1. The van der Waals surface area contributed by atoms with Crippen molar-refractivity contribution in [3.05, 3.63) is 11.6 Å². The molecule has 0 aromatic carbocycles. The first-order valence-corrected chi connectivity index (χ1v) is 3.55. The molecule has 0 radical (unpaired) electrons. The largest absolute Gasteiger partial charge is 0.369 e. The minimum Gasteiger partial charge on any atom is -0.369 e. The van der Waals surface area contributed by atoms with E-state index in [1.54, 1.807) is 0 Å². The predicted octanol–water partition coefficient (Wildman–Crippen LogP) is -1.31. The zero-order valence-electron chi connectivity index (χ0n) is 6.79. The van der Waals surface area contributed by atoms with Gasteiger partial charge in [-0.3, -0.25) is 9.89 Å². The molecule has 6 nitrogen and oxygen atoms in total. The molecule has 1 rings (SSSR count). The molecule has 1 amide bonds. The lowest BCUT2D eigenvalue weighted by Crippen LogP contribution is -2.28. The smallest absolute Gasteiger partial charge is 0.231 e. The van der Waals surface area contributed by atoms with Gasteiger partial charge in [-0.15, -0.1) is 0 Å². The average Bonchev–Trinajstić information content (AvgIpc) is 2.35. The van der Waals surface area contributed by atoms with Gasteiger partial charge in [-0.2, -0.15) is 5.10 Å². The molecule has 0 aliphatic rings. The number of carbonyl (C=O) groups excluding carboxylic acids is 1. The molecule has 66 valence electrons. The van der Waals surface area contributed by atoms with Crippen LogP contribution in [-0.2, 0) is 11.3 Å². The monoisotopic (exact) mass is 169 g/mol. The Morgan fingerprint density at radius 1 is 1.75 bits per heavy atom. The topological polar surface area (TPSA) is 96.7 Å². The van der Waals surface area contributed by atoms with E-state index >= 15 is 0 Å². The first-order valence-electron chi connectivity index (χ1n) is 3.55. The maximum Gasteiger partial charge on any atom is 0.231 e. The Bertz CT molecular complexity index is 269. The second-order valence-corrected chi connectivity index (χ2v) is 2.41. The number of aromatic nitrogens is 3. The highest BCUT2D eigenvalue weighted by molar-refractivity contribution is 5.75. The van der Waals surface area contributed by atoms with Crippen molar-refractivity contribution in [2.45, 2.75) is 13.5 Å². The SMILES string of the molecule is Cc1nc(CNCC(N)=O)n[nH]1. The summed E-state index contributed by atoms with van der Waals surface area (Å²) in [6, 6.07) is 0. The second kappa shape index (κ2) is 3.82. The number of carbonyl (C=O) groups is 1. The first-order chi connectivity index (χ1) is 5.68. The summed E-state index contributed by atoms with van der Waals surface area (Å²) in [4.78, 5) is 14.3. The van der Waals surface area contributed by atoms with Crippen molar-refractivity contribution in [2.24, 2.45) is 5.73 Å². The number of aryl methyl sites for hydroxylation is 1. The van der Waals surface area contributed by atoms with E-state index < -0.39 is 0 Å². The minimum absolute atomic E-state index is 0.146. The van der Waals surface area contributed by atoms with E-state index in [1.807, 2.05) is 6.92 Å². The van der Waals surface area contributed by atoms with E-state index in [4.69, 9.17) is 5.73 Å². The van der Waals surface area contributed by atoms with E-state index in [0.29, 0.717) is 12.4 Å². The van der Waals surface area contributed by atoms with Crippen molar-refractivity contribution in [3.63, 3.8) is 0 Å². The Morgan fingerprint density at radius 3 is 3.00 bits per heavy atom. The standard InChI is InChI=1S/C6H11N5O/c1-4-9-6(11-10-4)3-8-2-5(7)12/h8H,2-3H2,1H3,(H2,7,12)(H,9,10,11). The summed E-state index contributed by atoms with van der Waals surface area (Å²) in [5.74, 6) is 1.00. The van der Waals surface area contributed by atoms with Crippen LogP contribution in [-0.4, -0.2) is 27.6 Å². The molecular formula is C6H11N5O. The van der Waals surface area contributed by atoms with Crippen LogP contribution in [0.1, 0.15) is 11.6 Å². The average molecular weight is 169 g/mol. The number of nitrogens with two attached hydrogens (primary N) is 1. The summed E-state index contributed by atoms with van der Waals surface area (Å²) in [7, 11) is 0. The van der Waals surface area contributed by atoms with Crippen LogP contribution in [0.4, 0.5) is 0 Å². The minimum atomic E-state index is -0.387. The van der Waals surface area contributed by atoms with Gasteiger partial charge < -0.3 is 11.1 Å². The number of hydrogen-bond donors (Lipinski definition) is 3. The van der Waals surface area contributed by atoms with Crippen molar-refractivity contribution in [2.75, 3.05) is 6.54 Å². The van der Waals surface area contributed by atoms with Gasteiger partial charge in [0.2, 0.25) is 5.91 Å². The van der Waals surface area contributed by atoms with Gasteiger partial charge in [-0.05, 0) is 6.92 Å². The molecule has 0 bridgehead atoms. The van der Waals surface area contributed by atoms with Crippen LogP contribution in [0.2, 0.25) is 0 Å². The van der Waals surface area contributed by atoms with Gasteiger partial charge in [-0.25, -0.2) is 4.98 Å². The van der Waals surface area contributed by atoms with E-state index in [9.17, 15) is 4.79 Å². The van der Waals surface area contributed by atoms with Gasteiger partial charge in [0.05, 0.1) is 13.1 Å². The van der Waals surface area contributed by atoms with Crippen LogP contribution in [0.15, 0.2) is 0 Å². The van der Waals surface area contributed by atoms with Gasteiger partial charge in [0.1, 0.15) is 5.82 Å². The third kappa shape index (κ3) is 2.67. The molecule has 0 atom stereocenters. The molecular weight excluding hydrogens is 158 g/mol. The number of hydrogen-bond acceptors (Lipinski definition) is 4. The van der Waals surface area contributed by atoms with Crippen molar-refractivity contribution in [3.8, 4) is 0 Å². The number of amides is 1. The molecule has 0 fully saturated rings. The van der Waals surface area contributed by atoms with E-state index in [2.05, 4.69) is 20.5 Å².